The summed E-state index contributed by atoms with van der Waals surface area (Å²) in [5.41, 5.74) is 7.18. The van der Waals surface area contributed by atoms with E-state index >= 15 is 0 Å². The van der Waals surface area contributed by atoms with E-state index in [9.17, 15) is 4.39 Å². The first-order valence-electron chi connectivity index (χ1n) is 7.03. The van der Waals surface area contributed by atoms with Crippen LogP contribution in [0.3, 0.4) is 0 Å². The Labute approximate surface area is 115 Å². The number of benzene rings is 1. The van der Waals surface area contributed by atoms with Crippen molar-refractivity contribution in [3.05, 3.63) is 17.9 Å². The number of rotatable bonds is 8. The fourth-order valence-electron chi connectivity index (χ4n) is 1.93. The maximum Gasteiger partial charge on any atom is 0.167 e. The van der Waals surface area contributed by atoms with Crippen molar-refractivity contribution in [1.29, 1.82) is 0 Å². The summed E-state index contributed by atoms with van der Waals surface area (Å²) in [6, 6.07) is 3.04. The molecule has 3 nitrogen and oxygen atoms in total. The van der Waals surface area contributed by atoms with Crippen molar-refractivity contribution in [2.45, 2.75) is 39.5 Å². The predicted octanol–water partition coefficient (Wildman–Crippen LogP) is 3.82. The van der Waals surface area contributed by atoms with Crippen molar-refractivity contribution >= 4 is 11.4 Å². The van der Waals surface area contributed by atoms with E-state index < -0.39 is 5.82 Å². The Hall–Kier alpha value is -1.45. The quantitative estimate of drug-likeness (QED) is 0.575. The van der Waals surface area contributed by atoms with E-state index in [1.54, 1.807) is 6.07 Å². The predicted molar refractivity (Wildman–Crippen MR) is 79.4 cm³/mol. The molecule has 0 atom stereocenters. The molecule has 0 bridgehead atoms. The first-order valence-corrected chi connectivity index (χ1v) is 7.03. The molecule has 1 rings (SSSR count). The van der Waals surface area contributed by atoms with Gasteiger partial charge in [0.1, 0.15) is 0 Å². The molecule has 0 fully saturated rings. The van der Waals surface area contributed by atoms with Crippen molar-refractivity contribution in [2.24, 2.45) is 0 Å². The lowest BCUT2D eigenvalue weighted by molar-refractivity contribution is 0.301. The summed E-state index contributed by atoms with van der Waals surface area (Å²) in [7, 11) is 1.98. The van der Waals surface area contributed by atoms with E-state index in [-0.39, 0.29) is 5.75 Å². The summed E-state index contributed by atoms with van der Waals surface area (Å²) in [6.07, 6.45) is 4.32. The van der Waals surface area contributed by atoms with Crippen LogP contribution >= 0.6 is 0 Å². The molecule has 0 saturated heterocycles. The van der Waals surface area contributed by atoms with Gasteiger partial charge < -0.3 is 15.4 Å². The minimum atomic E-state index is -0.392. The molecule has 0 aliphatic carbocycles. The minimum absolute atomic E-state index is 0.286. The number of unbranched alkanes of at least 4 members (excludes halogenated alkanes) is 2. The molecule has 1 aromatic rings. The molecule has 0 aliphatic rings. The van der Waals surface area contributed by atoms with Gasteiger partial charge in [-0.2, -0.15) is 0 Å². The molecule has 0 radical (unpaired) electrons. The highest BCUT2D eigenvalue weighted by Gasteiger charge is 2.12. The lowest BCUT2D eigenvalue weighted by atomic mass is 10.2. The second-order valence-corrected chi connectivity index (χ2v) is 4.82. The number of ether oxygens (including phenoxy) is 1. The third-order valence-corrected chi connectivity index (χ3v) is 3.05. The van der Waals surface area contributed by atoms with E-state index in [0.717, 1.165) is 25.1 Å². The second kappa shape index (κ2) is 7.87. The van der Waals surface area contributed by atoms with Crippen LogP contribution < -0.4 is 15.4 Å². The number of nitrogens with zero attached hydrogens (tertiary/aromatic N) is 1. The monoisotopic (exact) mass is 268 g/mol. The Kier molecular flexibility index (Phi) is 6.46. The Morgan fingerprint density at radius 3 is 2.58 bits per heavy atom. The Balaban J connectivity index is 2.80. The van der Waals surface area contributed by atoms with Gasteiger partial charge >= 0.3 is 0 Å². The summed E-state index contributed by atoms with van der Waals surface area (Å²) in [6.45, 7) is 5.59. The number of anilines is 2. The van der Waals surface area contributed by atoms with Gasteiger partial charge in [0.2, 0.25) is 0 Å². The number of hydrogen-bond acceptors (Lipinski definition) is 3. The molecular formula is C15H25FN2O. The highest BCUT2D eigenvalue weighted by molar-refractivity contribution is 5.69. The van der Waals surface area contributed by atoms with Crippen LogP contribution in [0.2, 0.25) is 0 Å². The largest absolute Gasteiger partial charge is 0.490 e. The van der Waals surface area contributed by atoms with Gasteiger partial charge in [0, 0.05) is 25.7 Å². The van der Waals surface area contributed by atoms with Gasteiger partial charge in [0.15, 0.2) is 11.6 Å². The summed E-state index contributed by atoms with van der Waals surface area (Å²) >= 11 is 0. The first-order chi connectivity index (χ1) is 9.10. The van der Waals surface area contributed by atoms with Gasteiger partial charge in [-0.15, -0.1) is 0 Å². The van der Waals surface area contributed by atoms with Gasteiger partial charge in [-0.05, 0) is 12.8 Å². The smallest absolute Gasteiger partial charge is 0.167 e. The van der Waals surface area contributed by atoms with Gasteiger partial charge in [-0.1, -0.05) is 26.7 Å². The van der Waals surface area contributed by atoms with Gasteiger partial charge in [-0.25, -0.2) is 4.39 Å². The third kappa shape index (κ3) is 4.62. The zero-order valence-electron chi connectivity index (χ0n) is 12.2. The number of halogens is 1. The van der Waals surface area contributed by atoms with Crippen molar-refractivity contribution in [1.82, 2.24) is 0 Å². The lowest BCUT2D eigenvalue weighted by Gasteiger charge is -2.22. The Bertz CT molecular complexity index is 396. The molecule has 0 aliphatic heterocycles. The van der Waals surface area contributed by atoms with Crippen LogP contribution in [0.15, 0.2) is 12.1 Å². The molecule has 0 spiro atoms. The fourth-order valence-corrected chi connectivity index (χ4v) is 1.93. The summed E-state index contributed by atoms with van der Waals surface area (Å²) in [4.78, 5) is 2.06. The normalized spacial score (nSPS) is 10.5. The minimum Gasteiger partial charge on any atom is -0.490 e. The van der Waals surface area contributed by atoms with Gasteiger partial charge in [0.25, 0.3) is 0 Å². The van der Waals surface area contributed by atoms with E-state index in [1.807, 2.05) is 14.0 Å². The Morgan fingerprint density at radius 2 is 1.95 bits per heavy atom. The topological polar surface area (TPSA) is 38.5 Å². The van der Waals surface area contributed by atoms with Crippen LogP contribution in [0.25, 0.3) is 0 Å². The number of nitrogens with two attached hydrogens (primary N) is 1. The molecule has 4 heteroatoms. The first kappa shape index (κ1) is 15.6. The summed E-state index contributed by atoms with van der Waals surface area (Å²) < 4.78 is 19.1. The van der Waals surface area contributed by atoms with Gasteiger partial charge in [0.05, 0.1) is 18.0 Å². The molecule has 0 aromatic heterocycles. The van der Waals surface area contributed by atoms with Gasteiger partial charge in [-0.3, -0.25) is 0 Å². The molecule has 2 N–H and O–H groups in total. The fraction of sp³-hybridized carbons (Fsp3) is 0.600. The summed E-state index contributed by atoms with van der Waals surface area (Å²) in [5, 5.41) is 0. The zero-order valence-corrected chi connectivity index (χ0v) is 12.2. The number of hydrogen-bond donors (Lipinski definition) is 1. The molecule has 0 saturated carbocycles. The highest BCUT2D eigenvalue weighted by atomic mass is 19.1. The van der Waals surface area contributed by atoms with Crippen LogP contribution in [-0.4, -0.2) is 20.2 Å². The SMILES string of the molecule is CCCCCN(C)c1cc(OCCC)c(F)cc1N. The van der Waals surface area contributed by atoms with Crippen LogP contribution in [0.4, 0.5) is 15.8 Å². The van der Waals surface area contributed by atoms with Crippen molar-refractivity contribution in [3.63, 3.8) is 0 Å². The maximum absolute atomic E-state index is 13.7. The average Bonchev–Trinajstić information content (AvgIpc) is 2.38. The summed E-state index contributed by atoms with van der Waals surface area (Å²) in [5.74, 6) is -0.106. The molecular weight excluding hydrogens is 243 g/mol. The lowest BCUT2D eigenvalue weighted by Crippen LogP contribution is -2.20. The van der Waals surface area contributed by atoms with Crippen molar-refractivity contribution in [3.8, 4) is 5.75 Å². The van der Waals surface area contributed by atoms with E-state index in [0.29, 0.717) is 12.3 Å². The Morgan fingerprint density at radius 1 is 1.21 bits per heavy atom. The third-order valence-electron chi connectivity index (χ3n) is 3.05. The van der Waals surface area contributed by atoms with Crippen molar-refractivity contribution in [2.75, 3.05) is 30.8 Å². The van der Waals surface area contributed by atoms with Crippen LogP contribution in [0.1, 0.15) is 39.5 Å². The highest BCUT2D eigenvalue weighted by Crippen LogP contribution is 2.30. The maximum atomic E-state index is 13.7. The number of nitrogen functional groups attached to an aromatic ring is 1. The van der Waals surface area contributed by atoms with Crippen LogP contribution in [0.5, 0.6) is 5.75 Å². The van der Waals surface area contributed by atoms with Crippen LogP contribution in [-0.2, 0) is 0 Å². The average molecular weight is 268 g/mol. The van der Waals surface area contributed by atoms with E-state index in [2.05, 4.69) is 11.8 Å². The second-order valence-electron chi connectivity index (χ2n) is 4.82. The zero-order chi connectivity index (χ0) is 14.3. The molecule has 0 unspecified atom stereocenters. The van der Waals surface area contributed by atoms with E-state index in [1.165, 1.54) is 18.9 Å². The molecule has 0 heterocycles. The molecule has 19 heavy (non-hydrogen) atoms. The molecule has 108 valence electrons. The van der Waals surface area contributed by atoms with E-state index in [4.69, 9.17) is 10.5 Å². The molecule has 1 aromatic carbocycles. The standard InChI is InChI=1S/C15H25FN2O/c1-4-6-7-8-18(3)14-11-15(19-9-5-2)12(16)10-13(14)17/h10-11H,4-9,17H2,1-3H3. The van der Waals surface area contributed by atoms with Crippen LogP contribution in [0, 0.1) is 5.82 Å². The molecule has 0 amide bonds. The van der Waals surface area contributed by atoms with Crippen molar-refractivity contribution < 1.29 is 9.13 Å².